The highest BCUT2D eigenvalue weighted by atomic mass is 32.2. The smallest absolute Gasteiger partial charge is 0.343 e. The van der Waals surface area contributed by atoms with E-state index in [9.17, 15) is 13.2 Å². The lowest BCUT2D eigenvalue weighted by atomic mass is 10.1. The maximum Gasteiger partial charge on any atom is 0.343 e. The molecule has 0 amide bonds. The molecule has 2 aromatic rings. The van der Waals surface area contributed by atoms with Crippen LogP contribution in [0, 0.1) is 11.3 Å². The number of nitriles is 1. The minimum Gasteiger partial charge on any atom is -0.422 e. The van der Waals surface area contributed by atoms with Crippen LogP contribution in [0.4, 0.5) is 0 Å². The fourth-order valence-electron chi connectivity index (χ4n) is 1.90. The second-order valence-corrected chi connectivity index (χ2v) is 6.91. The van der Waals surface area contributed by atoms with Gasteiger partial charge in [-0.3, -0.25) is 0 Å². The Balaban J connectivity index is 2.23. The standard InChI is InChI=1S/C16H13NO4S/c1-22(19,20)11-12-5-4-7-13(9-12)16(18)21-15-8-3-2-6-14(15)10-17/h2-9H,11H2,1H3. The van der Waals surface area contributed by atoms with E-state index >= 15 is 0 Å². The number of sulfone groups is 1. The van der Waals surface area contributed by atoms with Gasteiger partial charge in [0.15, 0.2) is 9.84 Å². The average Bonchev–Trinajstić information content (AvgIpc) is 2.46. The van der Waals surface area contributed by atoms with Crippen LogP contribution in [0.1, 0.15) is 21.5 Å². The van der Waals surface area contributed by atoms with Crippen molar-refractivity contribution in [3.8, 4) is 11.8 Å². The highest BCUT2D eigenvalue weighted by Crippen LogP contribution is 2.19. The zero-order valence-electron chi connectivity index (χ0n) is 11.8. The molecule has 0 heterocycles. The Bertz CT molecular complexity index is 850. The lowest BCUT2D eigenvalue weighted by molar-refractivity contribution is 0.0734. The van der Waals surface area contributed by atoms with Crippen molar-refractivity contribution in [1.29, 1.82) is 5.26 Å². The summed E-state index contributed by atoms with van der Waals surface area (Å²) in [7, 11) is -3.18. The Morgan fingerprint density at radius 1 is 1.18 bits per heavy atom. The largest absolute Gasteiger partial charge is 0.422 e. The lowest BCUT2D eigenvalue weighted by Crippen LogP contribution is -2.10. The quantitative estimate of drug-likeness (QED) is 0.638. The van der Waals surface area contributed by atoms with E-state index in [1.807, 2.05) is 6.07 Å². The maximum atomic E-state index is 12.1. The first-order valence-corrected chi connectivity index (χ1v) is 8.43. The third-order valence-corrected chi connectivity index (χ3v) is 3.66. The van der Waals surface area contributed by atoms with Gasteiger partial charge in [-0.2, -0.15) is 5.26 Å². The topological polar surface area (TPSA) is 84.2 Å². The zero-order chi connectivity index (χ0) is 16.2. The minimum absolute atomic E-state index is 0.150. The molecule has 0 saturated heterocycles. The molecule has 0 aliphatic carbocycles. The first kappa shape index (κ1) is 15.7. The molecular weight excluding hydrogens is 302 g/mol. The molecular formula is C16H13NO4S. The van der Waals surface area contributed by atoms with E-state index < -0.39 is 15.8 Å². The van der Waals surface area contributed by atoms with Gasteiger partial charge in [0.2, 0.25) is 0 Å². The van der Waals surface area contributed by atoms with Gasteiger partial charge < -0.3 is 4.74 Å². The number of carbonyl (C=O) groups excluding carboxylic acids is 1. The molecule has 0 saturated carbocycles. The molecule has 112 valence electrons. The van der Waals surface area contributed by atoms with Crippen molar-refractivity contribution < 1.29 is 17.9 Å². The SMILES string of the molecule is CS(=O)(=O)Cc1cccc(C(=O)Oc2ccccc2C#N)c1. The number of hydrogen-bond acceptors (Lipinski definition) is 5. The van der Waals surface area contributed by atoms with Gasteiger partial charge in [0.25, 0.3) is 0 Å². The fourth-order valence-corrected chi connectivity index (χ4v) is 2.68. The van der Waals surface area contributed by atoms with Gasteiger partial charge in [-0.25, -0.2) is 13.2 Å². The molecule has 6 heteroatoms. The van der Waals surface area contributed by atoms with Crippen LogP contribution in [0.2, 0.25) is 0 Å². The molecule has 0 aliphatic heterocycles. The summed E-state index contributed by atoms with van der Waals surface area (Å²) in [6.45, 7) is 0. The molecule has 0 N–H and O–H groups in total. The number of ether oxygens (including phenoxy) is 1. The van der Waals surface area contributed by atoms with Crippen molar-refractivity contribution in [2.45, 2.75) is 5.75 Å². The van der Waals surface area contributed by atoms with Crippen LogP contribution in [-0.4, -0.2) is 20.6 Å². The molecule has 0 atom stereocenters. The summed E-state index contributed by atoms with van der Waals surface area (Å²) in [5.41, 5.74) is 0.988. The zero-order valence-corrected chi connectivity index (χ0v) is 12.6. The van der Waals surface area contributed by atoms with Crippen molar-refractivity contribution in [3.05, 3.63) is 65.2 Å². The monoisotopic (exact) mass is 315 g/mol. The molecule has 22 heavy (non-hydrogen) atoms. The lowest BCUT2D eigenvalue weighted by Gasteiger charge is -2.07. The number of para-hydroxylation sites is 1. The molecule has 0 bridgehead atoms. The van der Waals surface area contributed by atoms with Crippen LogP contribution in [0.25, 0.3) is 0 Å². The molecule has 2 rings (SSSR count). The van der Waals surface area contributed by atoms with Gasteiger partial charge in [0.05, 0.1) is 16.9 Å². The number of carbonyl (C=O) groups is 1. The number of rotatable bonds is 4. The number of esters is 1. The molecule has 5 nitrogen and oxygen atoms in total. The molecule has 0 aliphatic rings. The summed E-state index contributed by atoms with van der Waals surface area (Å²) in [6.07, 6.45) is 1.13. The van der Waals surface area contributed by atoms with E-state index in [1.165, 1.54) is 18.2 Å². The first-order chi connectivity index (χ1) is 10.4. The first-order valence-electron chi connectivity index (χ1n) is 6.37. The van der Waals surface area contributed by atoms with Gasteiger partial charge in [-0.1, -0.05) is 24.3 Å². The summed E-state index contributed by atoms with van der Waals surface area (Å²) in [5.74, 6) is -0.621. The van der Waals surface area contributed by atoms with Crippen molar-refractivity contribution in [1.82, 2.24) is 0 Å². The number of hydrogen-bond donors (Lipinski definition) is 0. The van der Waals surface area contributed by atoms with Crippen molar-refractivity contribution >= 4 is 15.8 Å². The highest BCUT2D eigenvalue weighted by molar-refractivity contribution is 7.89. The predicted octanol–water partition coefficient (Wildman–Crippen LogP) is 2.32. The average molecular weight is 315 g/mol. The van der Waals surface area contributed by atoms with E-state index in [2.05, 4.69) is 0 Å². The Kier molecular flexibility index (Phi) is 4.59. The summed E-state index contributed by atoms with van der Waals surface area (Å²) >= 11 is 0. The Labute approximate surface area is 128 Å². The second kappa shape index (κ2) is 6.41. The highest BCUT2D eigenvalue weighted by Gasteiger charge is 2.13. The summed E-state index contributed by atoms with van der Waals surface area (Å²) in [6, 6.07) is 14.6. The number of nitrogens with zero attached hydrogens (tertiary/aromatic N) is 1. The predicted molar refractivity (Wildman–Crippen MR) is 81.1 cm³/mol. The van der Waals surface area contributed by atoms with Crippen LogP contribution in [0.3, 0.4) is 0 Å². The fraction of sp³-hybridized carbons (Fsp3) is 0.125. The van der Waals surface area contributed by atoms with Crippen molar-refractivity contribution in [3.63, 3.8) is 0 Å². The van der Waals surface area contributed by atoms with Crippen molar-refractivity contribution in [2.24, 2.45) is 0 Å². The van der Waals surface area contributed by atoms with Crippen LogP contribution >= 0.6 is 0 Å². The maximum absolute atomic E-state index is 12.1. The Morgan fingerprint density at radius 3 is 2.59 bits per heavy atom. The summed E-state index contributed by atoms with van der Waals surface area (Å²) in [4.78, 5) is 12.1. The summed E-state index contributed by atoms with van der Waals surface area (Å²) < 4.78 is 27.8. The van der Waals surface area contributed by atoms with Gasteiger partial charge >= 0.3 is 5.97 Å². The van der Waals surface area contributed by atoms with Gasteiger partial charge in [0, 0.05) is 6.26 Å². The molecule has 0 radical (unpaired) electrons. The van der Waals surface area contributed by atoms with Crippen LogP contribution in [-0.2, 0) is 15.6 Å². The summed E-state index contributed by atoms with van der Waals surface area (Å²) in [5, 5.41) is 8.97. The number of benzene rings is 2. The van der Waals surface area contributed by atoms with Crippen molar-refractivity contribution in [2.75, 3.05) is 6.26 Å². The van der Waals surface area contributed by atoms with Gasteiger partial charge in [-0.15, -0.1) is 0 Å². The molecule has 0 spiro atoms. The molecule has 0 aromatic heterocycles. The molecule has 0 unspecified atom stereocenters. The van der Waals surface area contributed by atoms with E-state index in [1.54, 1.807) is 30.3 Å². The molecule has 2 aromatic carbocycles. The minimum atomic E-state index is -3.18. The van der Waals surface area contributed by atoms with E-state index in [0.29, 0.717) is 5.56 Å². The van der Waals surface area contributed by atoms with E-state index in [4.69, 9.17) is 10.00 Å². The third-order valence-electron chi connectivity index (χ3n) is 2.80. The van der Waals surface area contributed by atoms with Crippen LogP contribution in [0.5, 0.6) is 5.75 Å². The second-order valence-electron chi connectivity index (χ2n) is 4.77. The van der Waals surface area contributed by atoms with E-state index in [-0.39, 0.29) is 22.6 Å². The Morgan fingerprint density at radius 2 is 1.91 bits per heavy atom. The van der Waals surface area contributed by atoms with Crippen LogP contribution in [0.15, 0.2) is 48.5 Å². The Hall–Kier alpha value is -2.65. The molecule has 0 fully saturated rings. The third kappa shape index (κ3) is 4.17. The van der Waals surface area contributed by atoms with Gasteiger partial charge in [0.1, 0.15) is 11.8 Å². The van der Waals surface area contributed by atoms with E-state index in [0.717, 1.165) is 6.26 Å². The van der Waals surface area contributed by atoms with Gasteiger partial charge in [-0.05, 0) is 29.8 Å². The normalized spacial score (nSPS) is 10.7. The van der Waals surface area contributed by atoms with Crippen LogP contribution < -0.4 is 4.74 Å².